The lowest BCUT2D eigenvalue weighted by molar-refractivity contribution is 0.0526. The quantitative estimate of drug-likeness (QED) is 0.130. The highest BCUT2D eigenvalue weighted by atomic mass is 35.5. The van der Waals surface area contributed by atoms with E-state index in [4.69, 9.17) is 21.1 Å². The zero-order chi connectivity index (χ0) is 33.7. The van der Waals surface area contributed by atoms with Crippen LogP contribution in [0.2, 0.25) is 5.02 Å². The second-order valence-electron chi connectivity index (χ2n) is 11.7. The number of benzene rings is 4. The average Bonchev–Trinajstić information content (AvgIpc) is 3.09. The van der Waals surface area contributed by atoms with E-state index in [-0.39, 0.29) is 23.9 Å². The lowest BCUT2D eigenvalue weighted by Gasteiger charge is -2.32. The van der Waals surface area contributed by atoms with Gasteiger partial charge in [-0.3, -0.25) is 9.69 Å². The fourth-order valence-corrected chi connectivity index (χ4v) is 5.81. The number of carbonyl (C=O) groups excluding carboxylic acids is 3. The van der Waals surface area contributed by atoms with E-state index in [1.54, 1.807) is 43.3 Å². The number of esters is 1. The van der Waals surface area contributed by atoms with Crippen molar-refractivity contribution in [3.05, 3.63) is 130 Å². The molecule has 1 saturated heterocycles. The minimum absolute atomic E-state index is 0.0979. The SMILES string of the molecule is CCOC(=O)c1ccc(C(CCNC(=O)NC2CCN(Cc3cccc(Cl)c3)CC2)Oc2ccc(C(=O)Nc3ccccc3)cc2)cc1. The number of nitrogens with one attached hydrogen (secondary N) is 3. The van der Waals surface area contributed by atoms with Crippen LogP contribution < -0.4 is 20.7 Å². The minimum Gasteiger partial charge on any atom is -0.486 e. The maximum Gasteiger partial charge on any atom is 0.338 e. The van der Waals surface area contributed by atoms with Crippen molar-refractivity contribution < 1.29 is 23.9 Å². The molecule has 250 valence electrons. The van der Waals surface area contributed by atoms with Crippen molar-refractivity contribution in [3.63, 3.8) is 0 Å². The summed E-state index contributed by atoms with van der Waals surface area (Å²) in [5.74, 6) is -0.0416. The molecule has 0 saturated carbocycles. The molecular formula is C38H41ClN4O5. The van der Waals surface area contributed by atoms with Gasteiger partial charge in [-0.15, -0.1) is 0 Å². The third kappa shape index (κ3) is 10.3. The first-order chi connectivity index (χ1) is 23.4. The standard InChI is InChI=1S/C38H41ClN4O5/c1-2-47-37(45)30-13-11-28(12-14-30)35(48-34-17-15-29(16-18-34)36(44)41-32-9-4-3-5-10-32)19-22-40-38(46)42-33-20-23-43(24-21-33)26-27-7-6-8-31(39)25-27/h3-18,25,33,35H,2,19-24,26H2,1H3,(H,41,44)(H2,40,42,46). The number of carbonyl (C=O) groups is 3. The molecule has 3 amide bonds. The van der Waals surface area contributed by atoms with Crippen molar-refractivity contribution >= 4 is 35.2 Å². The summed E-state index contributed by atoms with van der Waals surface area (Å²) in [7, 11) is 0. The van der Waals surface area contributed by atoms with E-state index in [1.165, 1.54) is 5.56 Å². The van der Waals surface area contributed by atoms with Crippen LogP contribution in [0.5, 0.6) is 5.75 Å². The molecule has 1 aliphatic rings. The summed E-state index contributed by atoms with van der Waals surface area (Å²) in [5, 5.41) is 9.71. The van der Waals surface area contributed by atoms with Crippen LogP contribution >= 0.6 is 11.6 Å². The zero-order valence-corrected chi connectivity index (χ0v) is 27.7. The molecule has 9 nitrogen and oxygen atoms in total. The highest BCUT2D eigenvalue weighted by molar-refractivity contribution is 6.30. The molecule has 4 aromatic rings. The highest BCUT2D eigenvalue weighted by Crippen LogP contribution is 2.26. The summed E-state index contributed by atoms with van der Waals surface area (Å²) in [6.45, 7) is 5.04. The van der Waals surface area contributed by atoms with Gasteiger partial charge in [0.05, 0.1) is 12.2 Å². The molecule has 1 fully saturated rings. The molecule has 1 atom stereocenters. The Morgan fingerprint density at radius 2 is 1.58 bits per heavy atom. The fourth-order valence-electron chi connectivity index (χ4n) is 5.60. The van der Waals surface area contributed by atoms with Crippen LogP contribution in [-0.4, -0.2) is 55.1 Å². The van der Waals surface area contributed by atoms with Crippen molar-refractivity contribution in [2.24, 2.45) is 0 Å². The number of piperidine rings is 1. The Bertz CT molecular complexity index is 1640. The number of nitrogens with zero attached hydrogens (tertiary/aromatic N) is 1. The largest absolute Gasteiger partial charge is 0.486 e. The average molecular weight is 669 g/mol. The minimum atomic E-state index is -0.430. The van der Waals surface area contributed by atoms with E-state index in [0.29, 0.717) is 42.1 Å². The second kappa shape index (κ2) is 17.3. The number of urea groups is 1. The molecule has 5 rings (SSSR count). The highest BCUT2D eigenvalue weighted by Gasteiger charge is 2.22. The smallest absolute Gasteiger partial charge is 0.338 e. The van der Waals surface area contributed by atoms with Crippen molar-refractivity contribution in [1.29, 1.82) is 0 Å². The maximum absolute atomic E-state index is 12.8. The third-order valence-corrected chi connectivity index (χ3v) is 8.37. The van der Waals surface area contributed by atoms with Crippen LogP contribution in [-0.2, 0) is 11.3 Å². The van der Waals surface area contributed by atoms with E-state index in [2.05, 4.69) is 26.9 Å². The van der Waals surface area contributed by atoms with Gasteiger partial charge >= 0.3 is 12.0 Å². The fraction of sp³-hybridized carbons (Fsp3) is 0.289. The molecule has 1 unspecified atom stereocenters. The first-order valence-corrected chi connectivity index (χ1v) is 16.7. The summed E-state index contributed by atoms with van der Waals surface area (Å²) in [6.07, 6.45) is 1.78. The first-order valence-electron chi connectivity index (χ1n) is 16.3. The number of amides is 3. The molecule has 0 aliphatic carbocycles. The van der Waals surface area contributed by atoms with Crippen LogP contribution in [0.3, 0.4) is 0 Å². The molecule has 0 spiro atoms. The second-order valence-corrected chi connectivity index (χ2v) is 12.1. The van der Waals surface area contributed by atoms with Crippen molar-refractivity contribution in [3.8, 4) is 5.75 Å². The van der Waals surface area contributed by atoms with Gasteiger partial charge in [0.2, 0.25) is 0 Å². The zero-order valence-electron chi connectivity index (χ0n) is 27.0. The van der Waals surface area contributed by atoms with Crippen LogP contribution in [0, 0.1) is 0 Å². The van der Waals surface area contributed by atoms with Gasteiger partial charge in [0.15, 0.2) is 0 Å². The Morgan fingerprint density at radius 3 is 2.27 bits per heavy atom. The summed E-state index contributed by atoms with van der Waals surface area (Å²) in [5.41, 5.74) is 3.68. The summed E-state index contributed by atoms with van der Waals surface area (Å²) in [6, 6.07) is 31.1. The number of hydrogen-bond acceptors (Lipinski definition) is 6. The van der Waals surface area contributed by atoms with Gasteiger partial charge in [0.25, 0.3) is 5.91 Å². The summed E-state index contributed by atoms with van der Waals surface area (Å²) < 4.78 is 11.5. The molecular weight excluding hydrogens is 628 g/mol. The van der Waals surface area contributed by atoms with E-state index in [1.807, 2.05) is 60.7 Å². The predicted octanol–water partition coefficient (Wildman–Crippen LogP) is 7.24. The van der Waals surface area contributed by atoms with Gasteiger partial charge in [-0.25, -0.2) is 9.59 Å². The lowest BCUT2D eigenvalue weighted by Crippen LogP contribution is -2.48. The Morgan fingerprint density at radius 1 is 0.875 bits per heavy atom. The Labute approximate surface area is 286 Å². The molecule has 0 bridgehead atoms. The summed E-state index contributed by atoms with van der Waals surface area (Å²) in [4.78, 5) is 40.1. The molecule has 1 heterocycles. The van der Waals surface area contributed by atoms with Gasteiger partial charge in [0, 0.05) is 54.9 Å². The molecule has 4 aromatic carbocycles. The lowest BCUT2D eigenvalue weighted by atomic mass is 10.0. The van der Waals surface area contributed by atoms with E-state index in [0.717, 1.165) is 43.1 Å². The normalized spacial score (nSPS) is 14.0. The molecule has 3 N–H and O–H groups in total. The van der Waals surface area contributed by atoms with Crippen molar-refractivity contribution in [2.45, 2.75) is 44.9 Å². The van der Waals surface area contributed by atoms with E-state index in [9.17, 15) is 14.4 Å². The van der Waals surface area contributed by atoms with Crippen LogP contribution in [0.1, 0.15) is 64.1 Å². The van der Waals surface area contributed by atoms with Gasteiger partial charge in [-0.2, -0.15) is 0 Å². The van der Waals surface area contributed by atoms with Gasteiger partial charge in [0.1, 0.15) is 11.9 Å². The number of para-hydroxylation sites is 1. The van der Waals surface area contributed by atoms with Gasteiger partial charge < -0.3 is 25.4 Å². The number of hydrogen-bond donors (Lipinski definition) is 3. The molecule has 0 aromatic heterocycles. The third-order valence-electron chi connectivity index (χ3n) is 8.13. The van der Waals surface area contributed by atoms with E-state index < -0.39 is 6.10 Å². The number of likely N-dealkylation sites (tertiary alicyclic amines) is 1. The first kappa shape index (κ1) is 34.5. The van der Waals surface area contributed by atoms with Crippen LogP contribution in [0.25, 0.3) is 0 Å². The number of ether oxygens (including phenoxy) is 2. The van der Waals surface area contributed by atoms with Crippen molar-refractivity contribution in [2.75, 3.05) is 31.6 Å². The molecule has 10 heteroatoms. The Hall–Kier alpha value is -4.86. The molecule has 48 heavy (non-hydrogen) atoms. The Kier molecular flexibility index (Phi) is 12.5. The Balaban J connectivity index is 1.15. The van der Waals surface area contributed by atoms with Crippen LogP contribution in [0.15, 0.2) is 103 Å². The molecule has 0 radical (unpaired) electrons. The van der Waals surface area contributed by atoms with Crippen molar-refractivity contribution in [1.82, 2.24) is 15.5 Å². The number of halogens is 1. The van der Waals surface area contributed by atoms with Gasteiger partial charge in [-0.05, 0) is 91.6 Å². The van der Waals surface area contributed by atoms with Crippen LogP contribution in [0.4, 0.5) is 10.5 Å². The van der Waals surface area contributed by atoms with Gasteiger partial charge in [-0.1, -0.05) is 54.1 Å². The molecule has 1 aliphatic heterocycles. The summed E-state index contributed by atoms with van der Waals surface area (Å²) >= 11 is 6.14. The topological polar surface area (TPSA) is 109 Å². The predicted molar refractivity (Wildman–Crippen MR) is 188 cm³/mol. The maximum atomic E-state index is 12.8. The number of rotatable bonds is 13. The monoisotopic (exact) mass is 668 g/mol. The van der Waals surface area contributed by atoms with E-state index >= 15 is 0 Å². The number of anilines is 1.